The molecule has 5 nitrogen and oxygen atoms in total. The molecule has 1 saturated carbocycles. The second-order valence-electron chi connectivity index (χ2n) is 4.80. The Labute approximate surface area is 96.6 Å². The summed E-state index contributed by atoms with van der Waals surface area (Å²) in [5, 5.41) is 7.47. The van der Waals surface area contributed by atoms with Crippen LogP contribution in [0.15, 0.2) is 0 Å². The Balaban J connectivity index is 2.11. The normalized spacial score (nSPS) is 27.9. The maximum absolute atomic E-state index is 12.1. The summed E-state index contributed by atoms with van der Waals surface area (Å²) in [4.78, 5) is 0. The van der Waals surface area contributed by atoms with Crippen LogP contribution in [-0.2, 0) is 10.0 Å². The van der Waals surface area contributed by atoms with E-state index < -0.39 is 16.1 Å². The van der Waals surface area contributed by atoms with Crippen molar-refractivity contribution in [3.8, 4) is 0 Å². The van der Waals surface area contributed by atoms with Crippen LogP contribution < -0.4 is 5.73 Å². The average molecular weight is 245 g/mol. The fourth-order valence-electron chi connectivity index (χ4n) is 2.23. The van der Waals surface area contributed by atoms with Gasteiger partial charge in [-0.3, -0.25) is 5.41 Å². The highest BCUT2D eigenvalue weighted by molar-refractivity contribution is 7.89. The van der Waals surface area contributed by atoms with E-state index in [-0.39, 0.29) is 11.6 Å². The summed E-state index contributed by atoms with van der Waals surface area (Å²) in [6.45, 7) is 0.527. The SMILES string of the molecule is N=C(N)C1CCCCN1S(=O)(=O)CC1CC1. The molecule has 3 N–H and O–H groups in total. The number of hydrogen-bond acceptors (Lipinski definition) is 3. The topological polar surface area (TPSA) is 87.2 Å². The Kier molecular flexibility index (Phi) is 3.21. The number of nitrogens with zero attached hydrogens (tertiary/aromatic N) is 1. The fraction of sp³-hybridized carbons (Fsp3) is 0.900. The van der Waals surface area contributed by atoms with Gasteiger partial charge in [0.1, 0.15) is 5.84 Å². The molecular formula is C10H19N3O2S. The van der Waals surface area contributed by atoms with Crippen LogP contribution in [0.4, 0.5) is 0 Å². The van der Waals surface area contributed by atoms with Gasteiger partial charge in [-0.1, -0.05) is 6.42 Å². The van der Waals surface area contributed by atoms with Gasteiger partial charge in [0.05, 0.1) is 11.8 Å². The predicted molar refractivity (Wildman–Crippen MR) is 62.8 cm³/mol. The van der Waals surface area contributed by atoms with Gasteiger partial charge in [-0.15, -0.1) is 0 Å². The molecule has 1 atom stereocenters. The highest BCUT2D eigenvalue weighted by atomic mass is 32.2. The van der Waals surface area contributed by atoms with E-state index in [4.69, 9.17) is 11.1 Å². The van der Waals surface area contributed by atoms with Crippen LogP contribution in [0, 0.1) is 11.3 Å². The second kappa shape index (κ2) is 4.33. The van der Waals surface area contributed by atoms with Gasteiger partial charge in [0.15, 0.2) is 0 Å². The van der Waals surface area contributed by atoms with E-state index in [1.165, 1.54) is 4.31 Å². The molecule has 6 heteroatoms. The summed E-state index contributed by atoms with van der Waals surface area (Å²) in [7, 11) is -3.20. The summed E-state index contributed by atoms with van der Waals surface area (Å²) in [6.07, 6.45) is 4.59. The van der Waals surface area contributed by atoms with E-state index in [1.54, 1.807) is 0 Å². The summed E-state index contributed by atoms with van der Waals surface area (Å²) in [5.74, 6) is 0.579. The van der Waals surface area contributed by atoms with Crippen LogP contribution in [0.5, 0.6) is 0 Å². The molecule has 0 aromatic heterocycles. The number of piperidine rings is 1. The Hall–Kier alpha value is -0.620. The third kappa shape index (κ3) is 2.55. The number of nitrogens with two attached hydrogens (primary N) is 1. The molecule has 0 amide bonds. The van der Waals surface area contributed by atoms with Gasteiger partial charge >= 0.3 is 0 Å². The molecule has 2 aliphatic rings. The molecule has 0 aromatic carbocycles. The molecule has 2 rings (SSSR count). The maximum Gasteiger partial charge on any atom is 0.215 e. The zero-order chi connectivity index (χ0) is 11.8. The Morgan fingerprint density at radius 1 is 1.31 bits per heavy atom. The zero-order valence-corrected chi connectivity index (χ0v) is 10.2. The van der Waals surface area contributed by atoms with Crippen molar-refractivity contribution in [1.82, 2.24) is 4.31 Å². The van der Waals surface area contributed by atoms with Crippen LogP contribution in [0.2, 0.25) is 0 Å². The minimum absolute atomic E-state index is 0.0147. The molecule has 1 heterocycles. The van der Waals surface area contributed by atoms with E-state index in [0.717, 1.165) is 25.7 Å². The molecule has 1 aliphatic heterocycles. The molecule has 16 heavy (non-hydrogen) atoms. The van der Waals surface area contributed by atoms with Gasteiger partial charge in [0, 0.05) is 6.54 Å². The molecule has 0 radical (unpaired) electrons. The monoisotopic (exact) mass is 245 g/mol. The number of rotatable bonds is 4. The van der Waals surface area contributed by atoms with Crippen molar-refractivity contribution < 1.29 is 8.42 Å². The molecule has 1 aliphatic carbocycles. The van der Waals surface area contributed by atoms with Gasteiger partial charge in [-0.25, -0.2) is 8.42 Å². The highest BCUT2D eigenvalue weighted by Gasteiger charge is 2.37. The number of amidine groups is 1. The first-order valence-corrected chi connectivity index (χ1v) is 7.45. The first-order chi connectivity index (χ1) is 7.50. The Morgan fingerprint density at radius 3 is 2.56 bits per heavy atom. The van der Waals surface area contributed by atoms with Crippen LogP contribution in [0.3, 0.4) is 0 Å². The van der Waals surface area contributed by atoms with Gasteiger partial charge < -0.3 is 5.73 Å². The quantitative estimate of drug-likeness (QED) is 0.559. The van der Waals surface area contributed by atoms with Crippen molar-refractivity contribution >= 4 is 15.9 Å². The standard InChI is InChI=1S/C10H19N3O2S/c11-10(12)9-3-1-2-6-13(9)16(14,15)7-8-4-5-8/h8-9H,1-7H2,(H3,11,12). The van der Waals surface area contributed by atoms with Crippen LogP contribution in [0.1, 0.15) is 32.1 Å². The highest BCUT2D eigenvalue weighted by Crippen LogP contribution is 2.32. The lowest BCUT2D eigenvalue weighted by Crippen LogP contribution is -2.50. The van der Waals surface area contributed by atoms with E-state index in [0.29, 0.717) is 18.9 Å². The lowest BCUT2D eigenvalue weighted by atomic mass is 10.0. The second-order valence-corrected chi connectivity index (χ2v) is 6.77. The lowest BCUT2D eigenvalue weighted by molar-refractivity contribution is 0.303. The third-order valence-electron chi connectivity index (χ3n) is 3.31. The predicted octanol–water partition coefficient (Wildman–Crippen LogP) is 0.517. The molecule has 92 valence electrons. The van der Waals surface area contributed by atoms with Crippen LogP contribution in [0.25, 0.3) is 0 Å². The van der Waals surface area contributed by atoms with Crippen LogP contribution >= 0.6 is 0 Å². The van der Waals surface area contributed by atoms with Gasteiger partial charge in [-0.05, 0) is 31.6 Å². The molecule has 0 aromatic rings. The smallest absolute Gasteiger partial charge is 0.215 e. The minimum Gasteiger partial charge on any atom is -0.386 e. The lowest BCUT2D eigenvalue weighted by Gasteiger charge is -2.33. The van der Waals surface area contributed by atoms with E-state index in [2.05, 4.69) is 0 Å². The molecular weight excluding hydrogens is 226 g/mol. The van der Waals surface area contributed by atoms with E-state index >= 15 is 0 Å². The largest absolute Gasteiger partial charge is 0.386 e. The van der Waals surface area contributed by atoms with E-state index in [9.17, 15) is 8.42 Å². The van der Waals surface area contributed by atoms with E-state index in [1.807, 2.05) is 0 Å². The maximum atomic E-state index is 12.1. The minimum atomic E-state index is -3.20. The van der Waals surface area contributed by atoms with Crippen molar-refractivity contribution in [3.05, 3.63) is 0 Å². The fourth-order valence-corrected chi connectivity index (χ4v) is 4.36. The van der Waals surface area contributed by atoms with Crippen molar-refractivity contribution in [2.45, 2.75) is 38.1 Å². The Morgan fingerprint density at radius 2 is 2.00 bits per heavy atom. The first-order valence-electron chi connectivity index (χ1n) is 5.84. The van der Waals surface area contributed by atoms with Crippen molar-refractivity contribution in [2.75, 3.05) is 12.3 Å². The molecule has 2 fully saturated rings. The van der Waals surface area contributed by atoms with Crippen molar-refractivity contribution in [2.24, 2.45) is 11.7 Å². The average Bonchev–Trinajstić information content (AvgIpc) is 3.01. The molecule has 1 unspecified atom stereocenters. The Bertz CT molecular complexity index is 376. The zero-order valence-electron chi connectivity index (χ0n) is 9.35. The summed E-state index contributed by atoms with van der Waals surface area (Å²) in [6, 6.07) is -0.391. The van der Waals surface area contributed by atoms with Crippen molar-refractivity contribution in [3.63, 3.8) is 0 Å². The first kappa shape index (κ1) is 11.9. The van der Waals surface area contributed by atoms with Crippen molar-refractivity contribution in [1.29, 1.82) is 5.41 Å². The van der Waals surface area contributed by atoms with Gasteiger partial charge in [0.2, 0.25) is 10.0 Å². The number of nitrogens with one attached hydrogen (secondary N) is 1. The summed E-state index contributed by atoms with van der Waals surface area (Å²) < 4.78 is 25.7. The van der Waals surface area contributed by atoms with Gasteiger partial charge in [0.25, 0.3) is 0 Å². The molecule has 0 bridgehead atoms. The van der Waals surface area contributed by atoms with Crippen LogP contribution in [-0.4, -0.2) is 36.9 Å². The number of sulfonamides is 1. The number of hydrogen-bond donors (Lipinski definition) is 2. The summed E-state index contributed by atoms with van der Waals surface area (Å²) >= 11 is 0. The molecule has 1 saturated heterocycles. The molecule has 0 spiro atoms. The van der Waals surface area contributed by atoms with Gasteiger partial charge in [-0.2, -0.15) is 4.31 Å². The third-order valence-corrected chi connectivity index (χ3v) is 5.36. The summed E-state index contributed by atoms with van der Waals surface area (Å²) in [5.41, 5.74) is 5.48.